The van der Waals surface area contributed by atoms with Crippen LogP contribution in [0.25, 0.3) is 11.3 Å². The zero-order chi connectivity index (χ0) is 14.0. The van der Waals surface area contributed by atoms with E-state index in [9.17, 15) is 4.79 Å². The fraction of sp³-hybridized carbons (Fsp3) is 0.154. The maximum absolute atomic E-state index is 11.5. The number of carbonyl (C=O) groups excluding carboxylic acids is 1. The Morgan fingerprint density at radius 1 is 1.16 bits per heavy atom. The fourth-order valence-electron chi connectivity index (χ4n) is 1.51. The van der Waals surface area contributed by atoms with Crippen molar-refractivity contribution in [2.24, 2.45) is 0 Å². The maximum atomic E-state index is 11.5. The second-order valence-corrected chi connectivity index (χ2v) is 4.85. The van der Waals surface area contributed by atoms with Gasteiger partial charge in [-0.05, 0) is 31.2 Å². The molecule has 3 nitrogen and oxygen atoms in total. The molecule has 0 atom stereocenters. The summed E-state index contributed by atoms with van der Waals surface area (Å²) in [6, 6.07) is 6.25. The van der Waals surface area contributed by atoms with Gasteiger partial charge in [0, 0.05) is 5.56 Å². The number of hydrogen-bond donors (Lipinski definition) is 0. The number of carbonyl (C=O) groups is 1. The molecular formula is C13H9Cl3O3. The molecule has 0 aliphatic heterocycles. The summed E-state index contributed by atoms with van der Waals surface area (Å²) < 4.78 is 10.2. The molecule has 6 heteroatoms. The molecule has 0 bridgehead atoms. The quantitative estimate of drug-likeness (QED) is 0.585. The minimum atomic E-state index is -0.523. The molecule has 1 heterocycles. The molecular weight excluding hydrogens is 310 g/mol. The van der Waals surface area contributed by atoms with E-state index in [0.717, 1.165) is 0 Å². The van der Waals surface area contributed by atoms with Crippen LogP contribution in [0.1, 0.15) is 17.5 Å². The Hall–Kier alpha value is -1.16. The second kappa shape index (κ2) is 5.87. The van der Waals surface area contributed by atoms with Gasteiger partial charge in [-0.2, -0.15) is 0 Å². The normalized spacial score (nSPS) is 10.5. The summed E-state index contributed by atoms with van der Waals surface area (Å²) in [5.41, 5.74) is 0.562. The first-order chi connectivity index (χ1) is 9.02. The lowest BCUT2D eigenvalue weighted by Crippen LogP contribution is -2.02. The molecule has 2 rings (SSSR count). The molecule has 100 valence electrons. The Morgan fingerprint density at radius 2 is 1.84 bits per heavy atom. The van der Waals surface area contributed by atoms with E-state index in [4.69, 9.17) is 44.0 Å². The third kappa shape index (κ3) is 3.06. The minimum absolute atomic E-state index is 0.110. The molecule has 1 aromatic heterocycles. The van der Waals surface area contributed by atoms with E-state index in [-0.39, 0.29) is 12.4 Å². The van der Waals surface area contributed by atoms with Crippen molar-refractivity contribution in [3.8, 4) is 11.3 Å². The summed E-state index contributed by atoms with van der Waals surface area (Å²) in [7, 11) is 0. The second-order valence-electron chi connectivity index (χ2n) is 3.63. The van der Waals surface area contributed by atoms with Crippen molar-refractivity contribution in [1.29, 1.82) is 0 Å². The largest absolute Gasteiger partial charge is 0.460 e. The van der Waals surface area contributed by atoms with Crippen LogP contribution in [0.4, 0.5) is 0 Å². The highest BCUT2D eigenvalue weighted by Gasteiger charge is 2.16. The Kier molecular flexibility index (Phi) is 4.40. The van der Waals surface area contributed by atoms with Gasteiger partial charge in [0.1, 0.15) is 5.76 Å². The van der Waals surface area contributed by atoms with Crippen molar-refractivity contribution in [3.05, 3.63) is 45.1 Å². The average molecular weight is 320 g/mol. The number of furan rings is 1. The maximum Gasteiger partial charge on any atom is 0.374 e. The van der Waals surface area contributed by atoms with E-state index in [0.29, 0.717) is 26.4 Å². The summed E-state index contributed by atoms with van der Waals surface area (Å²) >= 11 is 17.8. The minimum Gasteiger partial charge on any atom is -0.460 e. The van der Waals surface area contributed by atoms with Crippen molar-refractivity contribution in [3.63, 3.8) is 0 Å². The molecule has 0 unspecified atom stereocenters. The van der Waals surface area contributed by atoms with Crippen LogP contribution >= 0.6 is 34.8 Å². The van der Waals surface area contributed by atoms with Crippen molar-refractivity contribution >= 4 is 40.8 Å². The Balaban J connectivity index is 2.38. The van der Waals surface area contributed by atoms with E-state index in [2.05, 4.69) is 0 Å². The number of ether oxygens (including phenoxy) is 1. The van der Waals surface area contributed by atoms with Crippen LogP contribution in [0, 0.1) is 0 Å². The third-order valence-electron chi connectivity index (χ3n) is 2.36. The summed E-state index contributed by atoms with van der Waals surface area (Å²) in [4.78, 5) is 11.5. The standard InChI is InChI=1S/C13H9Cl3O3/c1-2-18-13(17)12-4-3-11(19-12)7-5-9(15)10(16)6-8(7)14/h3-6H,2H2,1H3. The lowest BCUT2D eigenvalue weighted by Gasteiger charge is -2.03. The summed E-state index contributed by atoms with van der Waals surface area (Å²) in [6.07, 6.45) is 0. The number of esters is 1. The van der Waals surface area contributed by atoms with Crippen molar-refractivity contribution in [2.45, 2.75) is 6.92 Å². The highest BCUT2D eigenvalue weighted by Crippen LogP contribution is 2.36. The molecule has 0 N–H and O–H groups in total. The molecule has 0 aliphatic rings. The molecule has 2 aromatic rings. The molecule has 0 radical (unpaired) electrons. The van der Waals surface area contributed by atoms with Gasteiger partial charge in [-0.15, -0.1) is 0 Å². The molecule has 0 fully saturated rings. The van der Waals surface area contributed by atoms with Gasteiger partial charge in [-0.3, -0.25) is 0 Å². The van der Waals surface area contributed by atoms with E-state index in [1.54, 1.807) is 19.1 Å². The lowest BCUT2D eigenvalue weighted by molar-refractivity contribution is 0.0491. The molecule has 19 heavy (non-hydrogen) atoms. The van der Waals surface area contributed by atoms with Gasteiger partial charge in [0.25, 0.3) is 0 Å². The van der Waals surface area contributed by atoms with Gasteiger partial charge in [0.2, 0.25) is 5.76 Å². The fourth-order valence-corrected chi connectivity index (χ4v) is 2.15. The summed E-state index contributed by atoms with van der Waals surface area (Å²) in [5.74, 6) is 0.00976. The van der Waals surface area contributed by atoms with Crippen LogP contribution in [0.2, 0.25) is 15.1 Å². The third-order valence-corrected chi connectivity index (χ3v) is 3.39. The van der Waals surface area contributed by atoms with Gasteiger partial charge in [-0.1, -0.05) is 34.8 Å². The molecule has 0 amide bonds. The first kappa shape index (κ1) is 14.3. The van der Waals surface area contributed by atoms with Crippen LogP contribution in [0.15, 0.2) is 28.7 Å². The van der Waals surface area contributed by atoms with Crippen molar-refractivity contribution in [1.82, 2.24) is 0 Å². The lowest BCUT2D eigenvalue weighted by atomic mass is 10.2. The highest BCUT2D eigenvalue weighted by atomic mass is 35.5. The van der Waals surface area contributed by atoms with Gasteiger partial charge in [0.15, 0.2) is 0 Å². The van der Waals surface area contributed by atoms with Crippen molar-refractivity contribution < 1.29 is 13.9 Å². The number of rotatable bonds is 3. The molecule has 0 aliphatic carbocycles. The van der Waals surface area contributed by atoms with Crippen LogP contribution in [0.3, 0.4) is 0 Å². The average Bonchev–Trinajstić information content (AvgIpc) is 2.83. The van der Waals surface area contributed by atoms with Crippen molar-refractivity contribution in [2.75, 3.05) is 6.61 Å². The number of benzene rings is 1. The first-order valence-corrected chi connectivity index (χ1v) is 6.58. The monoisotopic (exact) mass is 318 g/mol. The zero-order valence-corrected chi connectivity index (χ0v) is 12.1. The Bertz CT molecular complexity index is 620. The number of hydrogen-bond acceptors (Lipinski definition) is 3. The SMILES string of the molecule is CCOC(=O)c1ccc(-c2cc(Cl)c(Cl)cc2Cl)o1. The van der Waals surface area contributed by atoms with Gasteiger partial charge < -0.3 is 9.15 Å². The van der Waals surface area contributed by atoms with Crippen LogP contribution in [-0.2, 0) is 4.74 Å². The zero-order valence-electron chi connectivity index (χ0n) is 9.88. The van der Waals surface area contributed by atoms with E-state index < -0.39 is 5.97 Å². The Labute approximate surface area is 125 Å². The molecule has 0 saturated heterocycles. The predicted octanol–water partition coefficient (Wildman–Crippen LogP) is 5.08. The van der Waals surface area contributed by atoms with E-state index in [1.807, 2.05) is 0 Å². The summed E-state index contributed by atoms with van der Waals surface area (Å²) in [6.45, 7) is 2.00. The van der Waals surface area contributed by atoms with Gasteiger partial charge in [-0.25, -0.2) is 4.79 Å². The van der Waals surface area contributed by atoms with Gasteiger partial charge >= 0.3 is 5.97 Å². The first-order valence-electron chi connectivity index (χ1n) is 5.44. The smallest absolute Gasteiger partial charge is 0.374 e. The molecule has 0 saturated carbocycles. The Morgan fingerprint density at radius 3 is 2.53 bits per heavy atom. The predicted molar refractivity (Wildman–Crippen MR) is 75.1 cm³/mol. The topological polar surface area (TPSA) is 39.4 Å². The van der Waals surface area contributed by atoms with Crippen LogP contribution in [-0.4, -0.2) is 12.6 Å². The van der Waals surface area contributed by atoms with Crippen LogP contribution in [0.5, 0.6) is 0 Å². The van der Waals surface area contributed by atoms with Gasteiger partial charge in [0.05, 0.1) is 21.7 Å². The molecule has 0 spiro atoms. The van der Waals surface area contributed by atoms with E-state index >= 15 is 0 Å². The number of halogens is 3. The van der Waals surface area contributed by atoms with Crippen LogP contribution < -0.4 is 0 Å². The molecule has 1 aromatic carbocycles. The van der Waals surface area contributed by atoms with E-state index in [1.165, 1.54) is 12.1 Å². The summed E-state index contributed by atoms with van der Waals surface area (Å²) in [5, 5.41) is 1.10. The highest BCUT2D eigenvalue weighted by molar-refractivity contribution is 6.44.